The lowest BCUT2D eigenvalue weighted by Crippen LogP contribution is -2.36. The number of nitrogens with zero attached hydrogens (tertiary/aromatic N) is 2. The van der Waals surface area contributed by atoms with Crippen LogP contribution in [0.5, 0.6) is 0 Å². The maximum atomic E-state index is 13.2. The standard InChI is InChI=1S/C24H28N2O3S/c1-4-7-18-12-16(2)22(17(3)13-18)23-19(27)8-5-10-26(11-6-9-20(23)28)24(29)21-14-25-15-30-21/h12-15,19,23,27H,5-6,8-11H2,1-3H3. The summed E-state index contributed by atoms with van der Waals surface area (Å²) in [6.07, 6.45) is 2.86. The molecular weight excluding hydrogens is 396 g/mol. The minimum absolute atomic E-state index is 0.0371. The Hall–Kier alpha value is -2.49. The van der Waals surface area contributed by atoms with Gasteiger partial charge >= 0.3 is 0 Å². The van der Waals surface area contributed by atoms with Crippen molar-refractivity contribution in [2.45, 2.75) is 58.5 Å². The number of hydrogen-bond acceptors (Lipinski definition) is 5. The van der Waals surface area contributed by atoms with Crippen LogP contribution in [0.25, 0.3) is 0 Å². The van der Waals surface area contributed by atoms with Gasteiger partial charge in [0.05, 0.1) is 23.7 Å². The molecule has 2 atom stereocenters. The first kappa shape index (κ1) is 22.2. The van der Waals surface area contributed by atoms with Gasteiger partial charge in [0.1, 0.15) is 10.7 Å². The molecule has 2 unspecified atom stereocenters. The molecule has 0 bridgehead atoms. The Morgan fingerprint density at radius 1 is 1.23 bits per heavy atom. The second-order valence-corrected chi connectivity index (χ2v) is 8.70. The molecule has 1 aliphatic heterocycles. The van der Waals surface area contributed by atoms with Crippen LogP contribution in [-0.4, -0.2) is 45.9 Å². The zero-order valence-corrected chi connectivity index (χ0v) is 18.6. The zero-order chi connectivity index (χ0) is 21.7. The van der Waals surface area contributed by atoms with Crippen LogP contribution in [0.1, 0.15) is 70.5 Å². The first-order valence-corrected chi connectivity index (χ1v) is 11.2. The highest BCUT2D eigenvalue weighted by Gasteiger charge is 2.32. The van der Waals surface area contributed by atoms with Crippen LogP contribution in [0.3, 0.4) is 0 Å². The summed E-state index contributed by atoms with van der Waals surface area (Å²) in [5.74, 6) is 5.44. The molecule has 1 aromatic heterocycles. The number of rotatable bonds is 2. The molecule has 1 N–H and O–H groups in total. The van der Waals surface area contributed by atoms with Crippen LogP contribution in [0, 0.1) is 25.7 Å². The Morgan fingerprint density at radius 3 is 2.57 bits per heavy atom. The summed E-state index contributed by atoms with van der Waals surface area (Å²) >= 11 is 1.32. The van der Waals surface area contributed by atoms with Crippen molar-refractivity contribution in [1.29, 1.82) is 0 Å². The largest absolute Gasteiger partial charge is 0.392 e. The van der Waals surface area contributed by atoms with Gasteiger partial charge in [0.15, 0.2) is 0 Å². The highest BCUT2D eigenvalue weighted by molar-refractivity contribution is 7.11. The third-order valence-electron chi connectivity index (χ3n) is 5.62. The highest BCUT2D eigenvalue weighted by Crippen LogP contribution is 2.32. The zero-order valence-electron chi connectivity index (χ0n) is 17.8. The molecule has 2 heterocycles. The SMILES string of the molecule is CC#Cc1cc(C)c(C2C(=O)CCCN(C(=O)c3cncs3)CCCC2O)c(C)c1. The first-order chi connectivity index (χ1) is 14.4. The van der Waals surface area contributed by atoms with E-state index in [1.807, 2.05) is 26.0 Å². The van der Waals surface area contributed by atoms with E-state index in [2.05, 4.69) is 16.8 Å². The Morgan fingerprint density at radius 2 is 1.93 bits per heavy atom. The van der Waals surface area contributed by atoms with Gasteiger partial charge < -0.3 is 10.0 Å². The number of amides is 1. The fourth-order valence-electron chi connectivity index (χ4n) is 4.30. The van der Waals surface area contributed by atoms with Crippen molar-refractivity contribution in [2.75, 3.05) is 13.1 Å². The second-order valence-electron chi connectivity index (χ2n) is 7.81. The van der Waals surface area contributed by atoms with Gasteiger partial charge in [0.25, 0.3) is 5.91 Å². The number of Topliss-reactive ketones (excluding diaryl/α,β-unsaturated/α-hetero) is 1. The van der Waals surface area contributed by atoms with Crippen molar-refractivity contribution in [1.82, 2.24) is 9.88 Å². The number of benzene rings is 1. The van der Waals surface area contributed by atoms with Gasteiger partial charge in [-0.05, 0) is 68.9 Å². The molecule has 158 valence electrons. The van der Waals surface area contributed by atoms with Crippen LogP contribution in [0.2, 0.25) is 0 Å². The molecule has 1 amide bonds. The number of hydrogen-bond donors (Lipinski definition) is 1. The molecule has 6 heteroatoms. The number of aromatic nitrogens is 1. The molecule has 0 aliphatic carbocycles. The van der Waals surface area contributed by atoms with Gasteiger partial charge in [-0.2, -0.15) is 0 Å². The van der Waals surface area contributed by atoms with Crippen LogP contribution in [-0.2, 0) is 4.79 Å². The molecule has 0 saturated carbocycles. The lowest BCUT2D eigenvalue weighted by atomic mass is 9.80. The topological polar surface area (TPSA) is 70.5 Å². The number of aliphatic hydroxyl groups is 1. The number of aryl methyl sites for hydroxylation is 2. The van der Waals surface area contributed by atoms with Gasteiger partial charge in [-0.25, -0.2) is 0 Å². The predicted molar refractivity (Wildman–Crippen MR) is 119 cm³/mol. The minimum atomic E-state index is -0.767. The summed E-state index contributed by atoms with van der Waals surface area (Å²) in [4.78, 5) is 32.2. The van der Waals surface area contributed by atoms with Gasteiger partial charge in [-0.3, -0.25) is 14.6 Å². The van der Waals surface area contributed by atoms with Gasteiger partial charge in [0.2, 0.25) is 0 Å². The van der Waals surface area contributed by atoms with E-state index in [1.165, 1.54) is 11.3 Å². The Balaban J connectivity index is 1.81. The molecule has 2 aromatic rings. The second kappa shape index (κ2) is 10.0. The van der Waals surface area contributed by atoms with E-state index in [1.54, 1.807) is 23.5 Å². The minimum Gasteiger partial charge on any atom is -0.392 e. The van der Waals surface area contributed by atoms with E-state index in [-0.39, 0.29) is 11.7 Å². The quantitative estimate of drug-likeness (QED) is 0.743. The molecule has 1 aromatic carbocycles. The smallest absolute Gasteiger partial charge is 0.265 e. The average molecular weight is 425 g/mol. The lowest BCUT2D eigenvalue weighted by molar-refractivity contribution is -0.123. The molecule has 3 rings (SSSR count). The maximum Gasteiger partial charge on any atom is 0.265 e. The molecule has 1 aliphatic rings. The number of thiazole rings is 1. The maximum absolute atomic E-state index is 13.2. The summed E-state index contributed by atoms with van der Waals surface area (Å²) in [5, 5.41) is 11.0. The van der Waals surface area contributed by atoms with Gasteiger partial charge in [-0.15, -0.1) is 17.3 Å². The van der Waals surface area contributed by atoms with Crippen molar-refractivity contribution in [3.05, 3.63) is 51.0 Å². The van der Waals surface area contributed by atoms with Crippen LogP contribution in [0.15, 0.2) is 23.8 Å². The number of ketones is 1. The van der Waals surface area contributed by atoms with E-state index >= 15 is 0 Å². The summed E-state index contributed by atoms with van der Waals surface area (Å²) in [6.45, 7) is 6.87. The van der Waals surface area contributed by atoms with Crippen LogP contribution < -0.4 is 0 Å². The predicted octanol–water partition coefficient (Wildman–Crippen LogP) is 3.86. The summed E-state index contributed by atoms with van der Waals surface area (Å²) in [7, 11) is 0. The van der Waals surface area contributed by atoms with Crippen molar-refractivity contribution in [2.24, 2.45) is 0 Å². The first-order valence-electron chi connectivity index (χ1n) is 10.3. The van der Waals surface area contributed by atoms with Crippen molar-refractivity contribution in [3.8, 4) is 11.8 Å². The molecule has 1 fully saturated rings. The van der Waals surface area contributed by atoms with Crippen molar-refractivity contribution >= 4 is 23.0 Å². The van der Waals surface area contributed by atoms with Crippen molar-refractivity contribution < 1.29 is 14.7 Å². The average Bonchev–Trinajstić information content (AvgIpc) is 3.23. The molecule has 0 spiro atoms. The molecule has 1 saturated heterocycles. The molecule has 5 nitrogen and oxygen atoms in total. The van der Waals surface area contributed by atoms with E-state index in [4.69, 9.17) is 0 Å². The normalized spacial score (nSPS) is 20.4. The van der Waals surface area contributed by atoms with Crippen LogP contribution in [0.4, 0.5) is 0 Å². The third-order valence-corrected chi connectivity index (χ3v) is 6.38. The van der Waals surface area contributed by atoms with E-state index in [0.29, 0.717) is 43.6 Å². The third kappa shape index (κ3) is 4.97. The van der Waals surface area contributed by atoms with E-state index < -0.39 is 12.0 Å². The monoisotopic (exact) mass is 424 g/mol. The fraction of sp³-hybridized carbons (Fsp3) is 0.458. The Labute approximate surface area is 182 Å². The van der Waals surface area contributed by atoms with Crippen LogP contribution >= 0.6 is 11.3 Å². The number of carbonyl (C=O) groups is 2. The Bertz CT molecular complexity index is 949. The highest BCUT2D eigenvalue weighted by atomic mass is 32.1. The van der Waals surface area contributed by atoms with Gasteiger partial charge in [0, 0.05) is 25.1 Å². The Kier molecular flexibility index (Phi) is 7.41. The summed E-state index contributed by atoms with van der Waals surface area (Å²) in [5.41, 5.74) is 5.48. The fourth-order valence-corrected chi connectivity index (χ4v) is 4.89. The van der Waals surface area contributed by atoms with E-state index in [0.717, 1.165) is 22.3 Å². The van der Waals surface area contributed by atoms with Gasteiger partial charge in [-0.1, -0.05) is 5.92 Å². The summed E-state index contributed by atoms with van der Waals surface area (Å²) < 4.78 is 0. The number of carbonyl (C=O) groups excluding carboxylic acids is 2. The van der Waals surface area contributed by atoms with Crippen molar-refractivity contribution in [3.63, 3.8) is 0 Å². The molecule has 30 heavy (non-hydrogen) atoms. The van der Waals surface area contributed by atoms with E-state index in [9.17, 15) is 14.7 Å². The summed E-state index contributed by atoms with van der Waals surface area (Å²) in [6, 6.07) is 3.99. The molecule has 0 radical (unpaired) electrons. The lowest BCUT2D eigenvalue weighted by Gasteiger charge is -2.29. The molecular formula is C24H28N2O3S. The number of aliphatic hydroxyl groups excluding tert-OH is 1.